The van der Waals surface area contributed by atoms with Crippen LogP contribution in [0.15, 0.2) is 48.5 Å². The van der Waals surface area contributed by atoms with E-state index in [2.05, 4.69) is 90.4 Å². The zero-order valence-electron chi connectivity index (χ0n) is 80.3. The number of carbonyl (C=O) groups is 18. The fraction of sp³-hybridized carbons (Fsp3) is 0.636. The lowest BCUT2D eigenvalue weighted by Crippen LogP contribution is -2.62. The van der Waals surface area contributed by atoms with Crippen LogP contribution in [0.25, 0.3) is 0 Å². The van der Waals surface area contributed by atoms with Gasteiger partial charge in [-0.05, 0) is 213 Å². The number of carbonyl (C=O) groups excluding carboxylic acids is 16. The van der Waals surface area contributed by atoms with Gasteiger partial charge in [-0.25, -0.2) is 4.79 Å². The first kappa shape index (κ1) is 124. The maximum atomic E-state index is 14.8. The number of aliphatic hydroxyl groups excluding tert-OH is 2. The van der Waals surface area contributed by atoms with Crippen molar-refractivity contribution in [3.05, 3.63) is 59.7 Å². The van der Waals surface area contributed by atoms with Gasteiger partial charge >= 0.3 is 11.9 Å². The third kappa shape index (κ3) is 50.4. The van der Waals surface area contributed by atoms with Crippen LogP contribution in [0.1, 0.15) is 174 Å². The van der Waals surface area contributed by atoms with Crippen molar-refractivity contribution in [1.29, 1.82) is 10.8 Å². The average Bonchev–Trinajstić information content (AvgIpc) is 0.845. The number of carboxylic acids is 2. The summed E-state index contributed by atoms with van der Waals surface area (Å²) in [7, 11) is 0. The lowest BCUT2D eigenvalue weighted by molar-refractivity contribution is -0.143. The number of thioether (sulfide) groups is 2. The molecule has 0 heterocycles. The number of hydrogen-bond donors (Lipinski definition) is 32. The first-order chi connectivity index (χ1) is 66.2. The molecule has 16 amide bonds. The summed E-state index contributed by atoms with van der Waals surface area (Å²) >= 11 is 2.62. The SMILES string of the molecule is CSCC[C@H](NC(=O)[C@H](CO)NC(=O)[C@H](CCCNC(=N)N)NC(=O)[C@H](CC(C)C)NC(=O)[C@@H](CCCCN)NC(=O)[C@H](CCCCN)NC(=O)[C@H](CCC(N)=O)NC(=O)[C@H](Cc1ccc(O)cc1)NC(=O)CNC(=O)[C@@H](N)CCSC)C(=O)N[C@H](C(=O)N[C@@H](CC(=O)O)C(=O)N[C@@H](CCCCN)C(=O)N[C@@H](Cc1ccc(O)cc1)C(=O)N[C@@H](CCCNC(=N)N)C(=O)N[C@@H](CC(C)C)C(=O)O)[C@@H](C)O. The van der Waals surface area contributed by atoms with Gasteiger partial charge in [-0.2, -0.15) is 23.5 Å². The topological polar surface area (TPSA) is 863 Å². The Morgan fingerprint density at radius 2 is 0.679 bits per heavy atom. The molecule has 0 aliphatic rings. The van der Waals surface area contributed by atoms with Crippen LogP contribution in [0, 0.1) is 22.7 Å². The smallest absolute Gasteiger partial charge is 0.326 e. The third-order valence-corrected chi connectivity index (χ3v) is 22.8. The molecule has 0 aliphatic carbocycles. The molecule has 2 rings (SSSR count). The van der Waals surface area contributed by atoms with Crippen molar-refractivity contribution in [2.75, 3.05) is 69.9 Å². The van der Waals surface area contributed by atoms with Crippen molar-refractivity contribution in [1.82, 2.24) is 90.4 Å². The highest BCUT2D eigenvalue weighted by Gasteiger charge is 2.40. The molecule has 2 aromatic rings. The maximum Gasteiger partial charge on any atom is 0.326 e. The van der Waals surface area contributed by atoms with E-state index in [-0.39, 0.29) is 159 Å². The number of phenolic OH excluding ortho intramolecular Hbond substituents is 2. The van der Waals surface area contributed by atoms with E-state index in [1.165, 1.54) is 72.1 Å². The van der Waals surface area contributed by atoms with Crippen molar-refractivity contribution in [3.8, 4) is 11.5 Å². The summed E-state index contributed by atoms with van der Waals surface area (Å²) in [4.78, 5) is 252. The quantitative estimate of drug-likeness (QED) is 0.0166. The number of hydrogen-bond acceptors (Lipinski definition) is 30. The molecule has 0 saturated carbocycles. The van der Waals surface area contributed by atoms with E-state index >= 15 is 0 Å². The summed E-state index contributed by atoms with van der Waals surface area (Å²) in [6.07, 6.45) is -0.772. The molecule has 50 nitrogen and oxygen atoms in total. The lowest BCUT2D eigenvalue weighted by atomic mass is 10.0. The third-order valence-electron chi connectivity index (χ3n) is 21.5. The normalized spacial score (nSPS) is 14.6. The number of amides is 16. The maximum absolute atomic E-state index is 14.8. The number of benzene rings is 2. The van der Waals surface area contributed by atoms with Gasteiger partial charge in [0.1, 0.15) is 96.1 Å². The molecule has 0 spiro atoms. The van der Waals surface area contributed by atoms with E-state index in [4.69, 9.17) is 51.0 Å². The van der Waals surface area contributed by atoms with Crippen LogP contribution in [0.5, 0.6) is 11.5 Å². The Hall–Kier alpha value is -12.5. The molecule has 0 aromatic heterocycles. The largest absolute Gasteiger partial charge is 0.508 e. The van der Waals surface area contributed by atoms with E-state index in [0.29, 0.717) is 36.1 Å². The molecule has 2 aromatic carbocycles. The minimum Gasteiger partial charge on any atom is -0.508 e. The Balaban J connectivity index is 2.60. The van der Waals surface area contributed by atoms with E-state index in [9.17, 15) is 117 Å². The molecule has 140 heavy (non-hydrogen) atoms. The van der Waals surface area contributed by atoms with Crippen LogP contribution in [0.3, 0.4) is 0 Å². The summed E-state index contributed by atoms with van der Waals surface area (Å²) in [5.41, 5.74) is 40.8. The molecule has 39 N–H and O–H groups in total. The van der Waals surface area contributed by atoms with E-state index in [1.54, 1.807) is 34.0 Å². The molecular weight excluding hydrogens is 1870 g/mol. The van der Waals surface area contributed by atoms with Gasteiger partial charge in [0.05, 0.1) is 31.7 Å². The van der Waals surface area contributed by atoms with Crippen molar-refractivity contribution in [3.63, 3.8) is 0 Å². The highest BCUT2D eigenvalue weighted by molar-refractivity contribution is 7.98. The van der Waals surface area contributed by atoms with E-state index in [1.807, 2.05) is 6.26 Å². The number of aliphatic hydroxyl groups is 2. The number of carboxylic acid groups (broad SMARTS) is 2. The van der Waals surface area contributed by atoms with E-state index < -0.39 is 253 Å². The number of rotatable bonds is 72. The molecular formula is C88H148N26O24S2. The summed E-state index contributed by atoms with van der Waals surface area (Å²) in [6.45, 7) is 6.36. The summed E-state index contributed by atoms with van der Waals surface area (Å²) < 4.78 is 0. The predicted molar refractivity (Wildman–Crippen MR) is 521 cm³/mol. The molecule has 0 bridgehead atoms. The molecule has 52 heteroatoms. The van der Waals surface area contributed by atoms with Gasteiger partial charge in [0.25, 0.3) is 0 Å². The van der Waals surface area contributed by atoms with Crippen LogP contribution in [-0.2, 0) is 99.1 Å². The fourth-order valence-electron chi connectivity index (χ4n) is 13.9. The highest BCUT2D eigenvalue weighted by atomic mass is 32.2. The Morgan fingerprint density at radius 1 is 0.364 bits per heavy atom. The van der Waals surface area contributed by atoms with Crippen molar-refractivity contribution < 1.29 is 117 Å². The van der Waals surface area contributed by atoms with Crippen molar-refractivity contribution in [2.24, 2.45) is 52.0 Å². The minimum atomic E-state index is -2.12. The molecule has 16 atom stereocenters. The minimum absolute atomic E-state index is 0.00383. The van der Waals surface area contributed by atoms with Crippen molar-refractivity contribution >= 4 is 142 Å². The summed E-state index contributed by atoms with van der Waals surface area (Å²) in [5.74, 6) is -20.8. The molecule has 0 fully saturated rings. The second-order valence-electron chi connectivity index (χ2n) is 34.4. The number of nitrogens with one attached hydrogen (secondary N) is 19. The van der Waals surface area contributed by atoms with Gasteiger partial charge in [0, 0.05) is 32.4 Å². The van der Waals surface area contributed by atoms with Crippen molar-refractivity contribution in [2.45, 2.75) is 273 Å². The number of aliphatic carboxylic acids is 2. The number of guanidine groups is 2. The second kappa shape index (κ2) is 67.7. The van der Waals surface area contributed by atoms with Crippen LogP contribution in [0.2, 0.25) is 0 Å². The summed E-state index contributed by atoms with van der Waals surface area (Å²) in [6, 6.07) is -13.3. The zero-order chi connectivity index (χ0) is 105. The van der Waals surface area contributed by atoms with Crippen LogP contribution < -0.4 is 131 Å². The number of nitrogens with two attached hydrogens (primary N) is 7. The lowest BCUT2D eigenvalue weighted by Gasteiger charge is -2.29. The standard InChI is InChI=1S/C88H148N26O24S2/c1-47(2)40-62(109-74(125)56(17-9-12-34-90)102-73(124)55(16-8-11-33-89)103-78(129)60(29-30-68(93)119)107-81(132)63(42-50-21-25-52(117)26-22-50)101-69(120)45-100-72(123)54(92)31-38-139-6)80(131)105-59(20-15-37-99-88(96)97)77(128)113-67(46-115)84(135)108-61(32-39-140-7)79(130)114-71(49(5)116)85(136)111-65(44-70(121)122)83(134)104-57(18-10-13-35-91)75(126)110-64(43-51-23-27-53(118)28-24-51)82(133)106-58(19-14-36-98-87(94)95)76(127)112-66(86(137)138)41-48(3)4/h21-28,47-49,54-67,71,115-118H,8-20,29-46,89-92H2,1-7H3,(H2,93,119)(H,100,123)(H,101,120)(H,102,124)(H,103,129)(H,104,134)(H,105,131)(H,106,133)(H,107,132)(H,108,135)(H,109,125)(H,110,126)(H,111,136)(H,112,127)(H,113,128)(H,114,130)(H,121,122)(H,137,138)(H4,94,95,98)(H4,96,97,99)/t49-,54+,55+,56-,57+,58+,59+,60+,61+,62+,63+,64+,65+,66+,67+,71+/m1/s1. The molecule has 0 radical (unpaired) electrons. The van der Waals surface area contributed by atoms with Gasteiger partial charge in [-0.3, -0.25) is 92.3 Å². The summed E-state index contributed by atoms with van der Waals surface area (Å²) in [5, 5.41) is 120. The Bertz CT molecular complexity index is 4360. The van der Waals surface area contributed by atoms with Gasteiger partial charge in [-0.1, -0.05) is 52.0 Å². The van der Waals surface area contributed by atoms with Crippen LogP contribution in [0.4, 0.5) is 0 Å². The predicted octanol–water partition coefficient (Wildman–Crippen LogP) is -7.18. The van der Waals surface area contributed by atoms with E-state index in [0.717, 1.165) is 6.92 Å². The fourth-order valence-corrected chi connectivity index (χ4v) is 14.9. The number of primary amides is 1. The Labute approximate surface area is 821 Å². The molecule has 0 aliphatic heterocycles. The highest BCUT2D eigenvalue weighted by Crippen LogP contribution is 2.19. The second-order valence-corrected chi connectivity index (χ2v) is 36.4. The first-order valence-electron chi connectivity index (χ1n) is 46.3. The van der Waals surface area contributed by atoms with Gasteiger partial charge in [0.15, 0.2) is 11.9 Å². The zero-order valence-corrected chi connectivity index (χ0v) is 82.0. The molecule has 0 saturated heterocycles. The Morgan fingerprint density at radius 3 is 1.04 bits per heavy atom. The molecule has 786 valence electrons. The molecule has 0 unspecified atom stereocenters. The number of phenols is 2. The number of aromatic hydroxyl groups is 2. The Kier molecular flexibility index (Phi) is 59.8. The first-order valence-corrected chi connectivity index (χ1v) is 49.1. The van der Waals surface area contributed by atoms with Gasteiger partial charge < -0.3 is 161 Å². The van der Waals surface area contributed by atoms with Crippen LogP contribution in [-0.4, -0.2) is 316 Å². The average molecular weight is 2020 g/mol. The van der Waals surface area contributed by atoms with Crippen LogP contribution >= 0.6 is 23.5 Å². The van der Waals surface area contributed by atoms with Gasteiger partial charge in [0.2, 0.25) is 94.5 Å². The van der Waals surface area contributed by atoms with Gasteiger partial charge in [-0.15, -0.1) is 0 Å². The monoisotopic (exact) mass is 2020 g/mol. The number of unbranched alkanes of at least 4 members (excludes halogenated alkanes) is 3.